The standard InChI is InChI=1S/C20H15N3O3S2/c24-19(14-7-3-1-4-8-14)22-20-21-17-12-11-15(13-18(17)27-20)23-28(25,26)16-9-5-2-6-10-16/h1-13,23H,(H,21,22,24). The van der Waals surface area contributed by atoms with Crippen molar-refractivity contribution in [1.82, 2.24) is 4.98 Å². The van der Waals surface area contributed by atoms with Gasteiger partial charge in [-0.15, -0.1) is 0 Å². The average molecular weight is 409 g/mol. The molecule has 0 aliphatic rings. The van der Waals surface area contributed by atoms with E-state index in [1.807, 2.05) is 6.07 Å². The molecular formula is C20H15N3O3S2. The molecule has 0 unspecified atom stereocenters. The Labute approximate surface area is 165 Å². The zero-order chi connectivity index (χ0) is 19.6. The van der Waals surface area contributed by atoms with E-state index in [0.717, 1.165) is 4.70 Å². The van der Waals surface area contributed by atoms with E-state index in [1.54, 1.807) is 60.7 Å². The van der Waals surface area contributed by atoms with Gasteiger partial charge in [0.1, 0.15) is 0 Å². The number of nitrogens with zero attached hydrogens (tertiary/aromatic N) is 1. The number of amides is 1. The summed E-state index contributed by atoms with van der Waals surface area (Å²) in [5.41, 5.74) is 1.65. The molecule has 0 radical (unpaired) electrons. The van der Waals surface area contributed by atoms with Crippen LogP contribution in [-0.4, -0.2) is 19.3 Å². The molecule has 0 fully saturated rings. The summed E-state index contributed by atoms with van der Waals surface area (Å²) in [5, 5.41) is 3.22. The second-order valence-corrected chi connectivity index (χ2v) is 8.65. The molecule has 0 bridgehead atoms. The molecule has 0 aliphatic carbocycles. The molecule has 0 spiro atoms. The van der Waals surface area contributed by atoms with E-state index in [9.17, 15) is 13.2 Å². The van der Waals surface area contributed by atoms with E-state index >= 15 is 0 Å². The van der Waals surface area contributed by atoms with Gasteiger partial charge in [0.05, 0.1) is 20.8 Å². The number of fused-ring (bicyclic) bond motifs is 1. The lowest BCUT2D eigenvalue weighted by Crippen LogP contribution is -2.12. The highest BCUT2D eigenvalue weighted by atomic mass is 32.2. The van der Waals surface area contributed by atoms with Crippen LogP contribution in [0.3, 0.4) is 0 Å². The summed E-state index contributed by atoms with van der Waals surface area (Å²) >= 11 is 1.28. The Hall–Kier alpha value is -3.23. The molecule has 0 saturated carbocycles. The number of hydrogen-bond donors (Lipinski definition) is 2. The van der Waals surface area contributed by atoms with Crippen LogP contribution < -0.4 is 10.0 Å². The lowest BCUT2D eigenvalue weighted by molar-refractivity contribution is 0.102. The van der Waals surface area contributed by atoms with E-state index in [-0.39, 0.29) is 10.8 Å². The molecule has 1 aromatic heterocycles. The number of thiazole rings is 1. The predicted molar refractivity (Wildman–Crippen MR) is 111 cm³/mol. The summed E-state index contributed by atoms with van der Waals surface area (Å²) in [4.78, 5) is 16.8. The monoisotopic (exact) mass is 409 g/mol. The highest BCUT2D eigenvalue weighted by Gasteiger charge is 2.15. The van der Waals surface area contributed by atoms with Crippen LogP contribution in [-0.2, 0) is 10.0 Å². The SMILES string of the molecule is O=C(Nc1nc2ccc(NS(=O)(=O)c3ccccc3)cc2s1)c1ccccc1. The topological polar surface area (TPSA) is 88.2 Å². The molecule has 6 nitrogen and oxygen atoms in total. The van der Waals surface area contributed by atoms with Crippen molar-refractivity contribution in [1.29, 1.82) is 0 Å². The molecule has 28 heavy (non-hydrogen) atoms. The molecule has 0 saturated heterocycles. The molecule has 140 valence electrons. The first-order valence-corrected chi connectivity index (χ1v) is 10.7. The Morgan fingerprint density at radius 2 is 1.57 bits per heavy atom. The summed E-state index contributed by atoms with van der Waals surface area (Å²) in [6.45, 7) is 0. The first-order valence-electron chi connectivity index (χ1n) is 8.36. The number of rotatable bonds is 5. The second kappa shape index (κ2) is 7.41. The number of aromatic nitrogens is 1. The summed E-state index contributed by atoms with van der Waals surface area (Å²) < 4.78 is 28.3. The summed E-state index contributed by atoms with van der Waals surface area (Å²) in [7, 11) is -3.67. The van der Waals surface area contributed by atoms with Crippen molar-refractivity contribution in [3.63, 3.8) is 0 Å². The van der Waals surface area contributed by atoms with Crippen molar-refractivity contribution < 1.29 is 13.2 Å². The van der Waals surface area contributed by atoms with Crippen molar-refractivity contribution in [3.05, 3.63) is 84.4 Å². The van der Waals surface area contributed by atoms with Gasteiger partial charge in [0.2, 0.25) is 0 Å². The normalized spacial score (nSPS) is 11.3. The number of nitrogens with one attached hydrogen (secondary N) is 2. The summed E-state index contributed by atoms with van der Waals surface area (Å²) in [6, 6.07) is 22.1. The maximum absolute atomic E-state index is 12.5. The zero-order valence-electron chi connectivity index (χ0n) is 14.5. The first-order chi connectivity index (χ1) is 13.5. The molecule has 1 amide bonds. The average Bonchev–Trinajstić information content (AvgIpc) is 3.10. The minimum absolute atomic E-state index is 0.190. The quantitative estimate of drug-likeness (QED) is 0.513. The van der Waals surface area contributed by atoms with Gasteiger partial charge in [-0.3, -0.25) is 14.8 Å². The molecule has 1 heterocycles. The lowest BCUT2D eigenvalue weighted by Gasteiger charge is -2.07. The molecule has 0 atom stereocenters. The van der Waals surface area contributed by atoms with Crippen molar-refractivity contribution in [2.45, 2.75) is 4.90 Å². The van der Waals surface area contributed by atoms with Crippen LogP contribution in [0, 0.1) is 0 Å². The molecule has 8 heteroatoms. The van der Waals surface area contributed by atoms with Gasteiger partial charge in [-0.2, -0.15) is 0 Å². The third-order valence-corrected chi connectivity index (χ3v) is 6.28. The number of benzene rings is 3. The van der Waals surface area contributed by atoms with Gasteiger partial charge < -0.3 is 0 Å². The number of hydrogen-bond acceptors (Lipinski definition) is 5. The van der Waals surface area contributed by atoms with Crippen LogP contribution in [0.4, 0.5) is 10.8 Å². The molecule has 3 aromatic carbocycles. The maximum atomic E-state index is 12.5. The van der Waals surface area contributed by atoms with Crippen LogP contribution in [0.25, 0.3) is 10.2 Å². The van der Waals surface area contributed by atoms with Gasteiger partial charge in [-0.05, 0) is 42.5 Å². The molecule has 0 aliphatic heterocycles. The van der Waals surface area contributed by atoms with E-state index < -0.39 is 10.0 Å². The van der Waals surface area contributed by atoms with Gasteiger partial charge >= 0.3 is 0 Å². The van der Waals surface area contributed by atoms with Gasteiger partial charge in [-0.1, -0.05) is 47.7 Å². The number of sulfonamides is 1. The number of carbonyl (C=O) groups is 1. The molecule has 4 rings (SSSR count). The van der Waals surface area contributed by atoms with Crippen LogP contribution in [0.1, 0.15) is 10.4 Å². The smallest absolute Gasteiger partial charge is 0.261 e. The van der Waals surface area contributed by atoms with E-state index in [0.29, 0.717) is 21.9 Å². The molecule has 2 N–H and O–H groups in total. The highest BCUT2D eigenvalue weighted by Crippen LogP contribution is 2.29. The third-order valence-electron chi connectivity index (χ3n) is 3.95. The second-order valence-electron chi connectivity index (χ2n) is 5.94. The Bertz CT molecular complexity index is 1240. The van der Waals surface area contributed by atoms with E-state index in [2.05, 4.69) is 15.0 Å². The zero-order valence-corrected chi connectivity index (χ0v) is 16.1. The number of anilines is 2. The number of carbonyl (C=O) groups excluding carboxylic acids is 1. The van der Waals surface area contributed by atoms with E-state index in [4.69, 9.17) is 0 Å². The molecular weight excluding hydrogens is 394 g/mol. The maximum Gasteiger partial charge on any atom is 0.261 e. The van der Waals surface area contributed by atoms with Gasteiger partial charge in [0.25, 0.3) is 15.9 Å². The molecule has 4 aromatic rings. The Morgan fingerprint density at radius 3 is 2.29 bits per heavy atom. The largest absolute Gasteiger partial charge is 0.298 e. The fraction of sp³-hybridized carbons (Fsp3) is 0. The van der Waals surface area contributed by atoms with Crippen molar-refractivity contribution in [2.24, 2.45) is 0 Å². The minimum atomic E-state index is -3.67. The van der Waals surface area contributed by atoms with Gasteiger partial charge in [-0.25, -0.2) is 13.4 Å². The Balaban J connectivity index is 1.56. The Kier molecular flexibility index (Phi) is 4.81. The van der Waals surface area contributed by atoms with Gasteiger partial charge in [0.15, 0.2) is 5.13 Å². The van der Waals surface area contributed by atoms with Crippen LogP contribution >= 0.6 is 11.3 Å². The predicted octanol–water partition coefficient (Wildman–Crippen LogP) is 4.35. The first kappa shape index (κ1) is 18.1. The third kappa shape index (κ3) is 3.88. The van der Waals surface area contributed by atoms with Crippen LogP contribution in [0.2, 0.25) is 0 Å². The fourth-order valence-corrected chi connectivity index (χ4v) is 4.58. The lowest BCUT2D eigenvalue weighted by atomic mass is 10.2. The highest BCUT2D eigenvalue weighted by molar-refractivity contribution is 7.92. The fourth-order valence-electron chi connectivity index (χ4n) is 2.61. The van der Waals surface area contributed by atoms with Crippen LogP contribution in [0.15, 0.2) is 83.8 Å². The summed E-state index contributed by atoms with van der Waals surface area (Å²) in [6.07, 6.45) is 0. The van der Waals surface area contributed by atoms with Crippen molar-refractivity contribution in [3.8, 4) is 0 Å². The summed E-state index contributed by atoms with van der Waals surface area (Å²) in [5.74, 6) is -0.246. The Morgan fingerprint density at radius 1 is 0.893 bits per heavy atom. The van der Waals surface area contributed by atoms with Crippen LogP contribution in [0.5, 0.6) is 0 Å². The van der Waals surface area contributed by atoms with E-state index in [1.165, 1.54) is 23.5 Å². The minimum Gasteiger partial charge on any atom is -0.298 e. The van der Waals surface area contributed by atoms with Gasteiger partial charge in [0, 0.05) is 5.56 Å². The van der Waals surface area contributed by atoms with Crippen molar-refractivity contribution in [2.75, 3.05) is 10.0 Å². The van der Waals surface area contributed by atoms with Crippen molar-refractivity contribution >= 4 is 48.3 Å².